The highest BCUT2D eigenvalue weighted by Gasteiger charge is 2.33. The lowest BCUT2D eigenvalue weighted by atomic mass is 9.81. The zero-order valence-corrected chi connectivity index (χ0v) is 22.5. The van der Waals surface area contributed by atoms with Crippen LogP contribution in [0.1, 0.15) is 74.1 Å². The molecule has 6 aliphatic rings. The average Bonchev–Trinajstić information content (AvgIpc) is 3.53. The van der Waals surface area contributed by atoms with Crippen molar-refractivity contribution in [2.75, 3.05) is 0 Å². The van der Waals surface area contributed by atoms with E-state index < -0.39 is 0 Å². The SMILES string of the molecule is CCC1=C(C)C2=CC3=NC(=CC4=NC5=C(C6=NC(=CC1=N2)C(C)=C6)C(C)CCC5=C4C)C(C)=C3CC. The van der Waals surface area contributed by atoms with E-state index in [1.807, 2.05) is 0 Å². The molecule has 36 heavy (non-hydrogen) atoms. The molecule has 5 heterocycles. The van der Waals surface area contributed by atoms with E-state index in [0.717, 1.165) is 71.3 Å². The first-order chi connectivity index (χ1) is 17.3. The summed E-state index contributed by atoms with van der Waals surface area (Å²) in [6.45, 7) is 15.5. The number of hydrogen-bond donors (Lipinski definition) is 0. The van der Waals surface area contributed by atoms with Crippen LogP contribution in [0.3, 0.4) is 0 Å². The molecule has 1 unspecified atom stereocenters. The van der Waals surface area contributed by atoms with E-state index in [1.54, 1.807) is 0 Å². The van der Waals surface area contributed by atoms with Gasteiger partial charge in [0.25, 0.3) is 0 Å². The molecule has 5 aliphatic heterocycles. The Labute approximate surface area is 214 Å². The predicted octanol–water partition coefficient (Wildman–Crippen LogP) is 7.87. The first kappa shape index (κ1) is 23.0. The standard InChI is InChI=1S/C32H34N4/c1-8-21-19(6)26-15-29-22(9-2)18(5)25(34-29)14-27-20(7)23-11-10-16(3)31(32(23)36-27)30-12-17(4)24(33-30)13-28(21)35-26/h12-16H,8-11H2,1-7H3. The summed E-state index contributed by atoms with van der Waals surface area (Å²) < 4.78 is 0. The highest BCUT2D eigenvalue weighted by molar-refractivity contribution is 6.20. The second kappa shape index (κ2) is 8.33. The molecule has 4 nitrogen and oxygen atoms in total. The maximum absolute atomic E-state index is 5.23. The molecule has 1 aliphatic carbocycles. The molecule has 0 aromatic heterocycles. The van der Waals surface area contributed by atoms with Gasteiger partial charge in [-0.2, -0.15) is 0 Å². The quantitative estimate of drug-likeness (QED) is 0.391. The normalized spacial score (nSPS) is 25.1. The highest BCUT2D eigenvalue weighted by atomic mass is 14.9. The van der Waals surface area contributed by atoms with Crippen LogP contribution < -0.4 is 0 Å². The molecular formula is C32H34N4. The van der Waals surface area contributed by atoms with Crippen molar-refractivity contribution in [3.8, 4) is 0 Å². The van der Waals surface area contributed by atoms with E-state index in [0.29, 0.717) is 5.92 Å². The first-order valence-electron chi connectivity index (χ1n) is 13.3. The molecule has 0 saturated carbocycles. The maximum atomic E-state index is 5.23. The lowest BCUT2D eigenvalue weighted by Gasteiger charge is -2.24. The molecule has 0 saturated heterocycles. The summed E-state index contributed by atoms with van der Waals surface area (Å²) >= 11 is 0. The summed E-state index contributed by atoms with van der Waals surface area (Å²) in [6, 6.07) is 0. The Bertz CT molecular complexity index is 1510. The number of allylic oxidation sites excluding steroid dienone is 12. The van der Waals surface area contributed by atoms with Crippen LogP contribution in [0.4, 0.5) is 0 Å². The van der Waals surface area contributed by atoms with E-state index in [-0.39, 0.29) is 0 Å². The van der Waals surface area contributed by atoms with Crippen molar-refractivity contribution in [2.24, 2.45) is 25.9 Å². The number of nitrogens with zero attached hydrogens (tertiary/aromatic N) is 4. The molecule has 0 fully saturated rings. The largest absolute Gasteiger partial charge is 0.248 e. The number of hydrogen-bond acceptors (Lipinski definition) is 4. The van der Waals surface area contributed by atoms with Crippen LogP contribution in [0.15, 0.2) is 112 Å². The van der Waals surface area contributed by atoms with Gasteiger partial charge in [0, 0.05) is 5.57 Å². The molecule has 0 radical (unpaired) electrons. The Morgan fingerprint density at radius 1 is 0.667 bits per heavy atom. The van der Waals surface area contributed by atoms with Gasteiger partial charge in [0.1, 0.15) is 0 Å². The molecule has 4 heteroatoms. The smallest absolute Gasteiger partial charge is 0.0728 e. The molecule has 6 rings (SSSR count). The molecule has 182 valence electrons. The minimum atomic E-state index is 0.421. The molecule has 0 spiro atoms. The van der Waals surface area contributed by atoms with E-state index >= 15 is 0 Å². The third-order valence-corrected chi connectivity index (χ3v) is 8.51. The zero-order valence-electron chi connectivity index (χ0n) is 22.5. The summed E-state index contributed by atoms with van der Waals surface area (Å²) in [6.07, 6.45) is 12.9. The molecule has 1 atom stereocenters. The van der Waals surface area contributed by atoms with Crippen LogP contribution in [-0.4, -0.2) is 22.8 Å². The van der Waals surface area contributed by atoms with Crippen LogP contribution in [-0.2, 0) is 0 Å². The van der Waals surface area contributed by atoms with Gasteiger partial charge < -0.3 is 0 Å². The van der Waals surface area contributed by atoms with Gasteiger partial charge in [-0.15, -0.1) is 0 Å². The summed E-state index contributed by atoms with van der Waals surface area (Å²) in [4.78, 5) is 20.6. The van der Waals surface area contributed by atoms with E-state index in [9.17, 15) is 0 Å². The fraction of sp³-hybridized carbons (Fsp3) is 0.375. The van der Waals surface area contributed by atoms with Crippen molar-refractivity contribution in [1.82, 2.24) is 0 Å². The Kier molecular flexibility index (Phi) is 5.33. The topological polar surface area (TPSA) is 49.4 Å². The van der Waals surface area contributed by atoms with E-state index in [4.69, 9.17) is 20.0 Å². The van der Waals surface area contributed by atoms with Crippen molar-refractivity contribution < 1.29 is 0 Å². The Morgan fingerprint density at radius 2 is 1.22 bits per heavy atom. The van der Waals surface area contributed by atoms with Gasteiger partial charge in [0.05, 0.1) is 45.6 Å². The lowest BCUT2D eigenvalue weighted by molar-refractivity contribution is 0.602. The van der Waals surface area contributed by atoms with Gasteiger partial charge in [-0.3, -0.25) is 0 Å². The summed E-state index contributed by atoms with van der Waals surface area (Å²) in [7, 11) is 0. The fourth-order valence-corrected chi connectivity index (χ4v) is 6.26. The van der Waals surface area contributed by atoms with Gasteiger partial charge in [-0.05, 0) is 123 Å². The van der Waals surface area contributed by atoms with Crippen molar-refractivity contribution in [2.45, 2.75) is 74.1 Å². The third kappa shape index (κ3) is 3.34. The third-order valence-electron chi connectivity index (χ3n) is 8.51. The van der Waals surface area contributed by atoms with E-state index in [1.165, 1.54) is 44.6 Å². The van der Waals surface area contributed by atoms with Crippen molar-refractivity contribution in [3.05, 3.63) is 91.7 Å². The number of aliphatic imine (C=N–C) groups is 4. The van der Waals surface area contributed by atoms with Gasteiger partial charge in [0.2, 0.25) is 0 Å². The average molecular weight is 475 g/mol. The highest BCUT2D eigenvalue weighted by Crippen LogP contribution is 2.43. The summed E-state index contributed by atoms with van der Waals surface area (Å²) in [5.74, 6) is 0.421. The Balaban J connectivity index is 1.66. The molecular weight excluding hydrogens is 440 g/mol. The summed E-state index contributed by atoms with van der Waals surface area (Å²) in [5, 5.41) is 0. The Morgan fingerprint density at radius 3 is 1.83 bits per heavy atom. The predicted molar refractivity (Wildman–Crippen MR) is 152 cm³/mol. The molecule has 8 bridgehead atoms. The van der Waals surface area contributed by atoms with Gasteiger partial charge >= 0.3 is 0 Å². The first-order valence-corrected chi connectivity index (χ1v) is 13.3. The maximum Gasteiger partial charge on any atom is 0.0728 e. The van der Waals surface area contributed by atoms with Crippen molar-refractivity contribution in [1.29, 1.82) is 0 Å². The molecule has 0 aromatic carbocycles. The molecule has 0 aromatic rings. The van der Waals surface area contributed by atoms with Crippen molar-refractivity contribution in [3.63, 3.8) is 0 Å². The van der Waals surface area contributed by atoms with Gasteiger partial charge in [0.15, 0.2) is 0 Å². The minimum Gasteiger partial charge on any atom is -0.248 e. The monoisotopic (exact) mass is 474 g/mol. The van der Waals surface area contributed by atoms with Crippen LogP contribution in [0.2, 0.25) is 0 Å². The van der Waals surface area contributed by atoms with E-state index in [2.05, 4.69) is 72.8 Å². The fourth-order valence-electron chi connectivity index (χ4n) is 6.26. The molecule has 0 amide bonds. The summed E-state index contributed by atoms with van der Waals surface area (Å²) in [5.41, 5.74) is 18.6. The zero-order chi connectivity index (χ0) is 25.3. The Hall–Kier alpha value is -3.40. The second-order valence-electron chi connectivity index (χ2n) is 10.6. The second-order valence-corrected chi connectivity index (χ2v) is 10.6. The van der Waals surface area contributed by atoms with Crippen LogP contribution in [0, 0.1) is 5.92 Å². The van der Waals surface area contributed by atoms with Gasteiger partial charge in [-0.25, -0.2) is 20.0 Å². The number of rotatable bonds is 2. The van der Waals surface area contributed by atoms with Crippen molar-refractivity contribution >= 4 is 22.8 Å². The number of fused-ring (bicyclic) bond motifs is 4. The van der Waals surface area contributed by atoms with Crippen LogP contribution in [0.25, 0.3) is 0 Å². The molecule has 0 N–H and O–H groups in total. The lowest BCUT2D eigenvalue weighted by Crippen LogP contribution is -2.16. The van der Waals surface area contributed by atoms with Crippen LogP contribution in [0.5, 0.6) is 0 Å². The van der Waals surface area contributed by atoms with Gasteiger partial charge in [-0.1, -0.05) is 20.8 Å². The minimum absolute atomic E-state index is 0.421. The van der Waals surface area contributed by atoms with Crippen LogP contribution >= 0.6 is 0 Å².